The van der Waals surface area contributed by atoms with E-state index in [9.17, 15) is 4.79 Å². The van der Waals surface area contributed by atoms with Gasteiger partial charge in [0, 0.05) is 68.8 Å². The van der Waals surface area contributed by atoms with E-state index in [0.29, 0.717) is 17.1 Å². The van der Waals surface area contributed by atoms with Crippen molar-refractivity contribution in [1.82, 2.24) is 10.2 Å². The van der Waals surface area contributed by atoms with Crippen LogP contribution in [0.1, 0.15) is 22.0 Å². The Labute approximate surface area is 201 Å². The summed E-state index contributed by atoms with van der Waals surface area (Å²) in [7, 11) is 4.09. The van der Waals surface area contributed by atoms with Crippen LogP contribution in [0.5, 0.6) is 0 Å². The fraction of sp³-hybridized carbons (Fsp3) is 0.296. The lowest BCUT2D eigenvalue weighted by Crippen LogP contribution is -2.50. The monoisotopic (exact) mass is 462 g/mol. The Hall–Kier alpha value is -3.02. The molecule has 0 radical (unpaired) electrons. The van der Waals surface area contributed by atoms with Gasteiger partial charge in [-0.2, -0.15) is 0 Å². The Kier molecular flexibility index (Phi) is 7.53. The Morgan fingerprint density at radius 3 is 2.15 bits per heavy atom. The molecule has 3 aromatic carbocycles. The fourth-order valence-electron chi connectivity index (χ4n) is 4.28. The minimum Gasteiger partial charge on any atom is -0.378 e. The summed E-state index contributed by atoms with van der Waals surface area (Å²) < 4.78 is 0. The predicted molar refractivity (Wildman–Crippen MR) is 138 cm³/mol. The molecule has 1 aliphatic rings. The predicted octanol–water partition coefficient (Wildman–Crippen LogP) is 4.70. The molecule has 1 atom stereocenters. The lowest BCUT2D eigenvalue weighted by molar-refractivity contribution is 0.0930. The molecule has 1 N–H and O–H groups in total. The van der Waals surface area contributed by atoms with E-state index in [1.165, 1.54) is 11.3 Å². The topological polar surface area (TPSA) is 38.8 Å². The third-order valence-electron chi connectivity index (χ3n) is 6.23. The van der Waals surface area contributed by atoms with E-state index in [1.54, 1.807) is 24.3 Å². The number of amides is 1. The maximum absolute atomic E-state index is 12.8. The standard InChI is InChI=1S/C27H31ClN4O/c1-30(2)24-14-10-21(11-15-24)26(20-29-27(33)22-8-12-23(28)13-9-22)32-18-16-31(17-19-32)25-6-4-3-5-7-25/h3-15,26H,16-20H2,1-2H3,(H,29,33)/t26-/m0/s1. The second kappa shape index (κ2) is 10.7. The van der Waals surface area contributed by atoms with Gasteiger partial charge in [-0.25, -0.2) is 0 Å². The smallest absolute Gasteiger partial charge is 0.251 e. The highest BCUT2D eigenvalue weighted by Gasteiger charge is 2.26. The quantitative estimate of drug-likeness (QED) is 0.552. The van der Waals surface area contributed by atoms with Crippen LogP contribution in [0, 0.1) is 0 Å². The van der Waals surface area contributed by atoms with Gasteiger partial charge in [0.1, 0.15) is 0 Å². The summed E-state index contributed by atoms with van der Waals surface area (Å²) in [6.07, 6.45) is 0. The van der Waals surface area contributed by atoms with Crippen molar-refractivity contribution in [2.45, 2.75) is 6.04 Å². The molecule has 4 rings (SSSR count). The molecule has 1 saturated heterocycles. The highest BCUT2D eigenvalue weighted by molar-refractivity contribution is 6.30. The maximum Gasteiger partial charge on any atom is 0.251 e. The Bertz CT molecular complexity index is 1030. The molecule has 1 fully saturated rings. The average Bonchev–Trinajstić information content (AvgIpc) is 2.85. The van der Waals surface area contributed by atoms with Crippen LogP contribution in [-0.2, 0) is 0 Å². The van der Waals surface area contributed by atoms with Gasteiger partial charge in [0.15, 0.2) is 0 Å². The number of anilines is 2. The van der Waals surface area contributed by atoms with E-state index in [-0.39, 0.29) is 11.9 Å². The SMILES string of the molecule is CN(C)c1ccc([C@H](CNC(=O)c2ccc(Cl)cc2)N2CCN(c3ccccc3)CC2)cc1. The van der Waals surface area contributed by atoms with E-state index in [1.807, 2.05) is 14.1 Å². The third kappa shape index (κ3) is 5.86. The normalized spacial score (nSPS) is 15.2. The first-order valence-corrected chi connectivity index (χ1v) is 11.7. The number of hydrogen-bond acceptors (Lipinski definition) is 4. The van der Waals surface area contributed by atoms with Crippen molar-refractivity contribution < 1.29 is 4.79 Å². The number of halogens is 1. The van der Waals surface area contributed by atoms with E-state index in [2.05, 4.69) is 74.6 Å². The molecule has 172 valence electrons. The van der Waals surface area contributed by atoms with Crippen molar-refractivity contribution >= 4 is 28.9 Å². The lowest BCUT2D eigenvalue weighted by atomic mass is 10.0. The van der Waals surface area contributed by atoms with Crippen LogP contribution in [0.3, 0.4) is 0 Å². The van der Waals surface area contributed by atoms with Gasteiger partial charge in [-0.05, 0) is 54.1 Å². The van der Waals surface area contributed by atoms with E-state index in [0.717, 1.165) is 31.9 Å². The number of carbonyl (C=O) groups is 1. The number of para-hydroxylation sites is 1. The third-order valence-corrected chi connectivity index (χ3v) is 6.48. The molecule has 0 aliphatic carbocycles. The van der Waals surface area contributed by atoms with E-state index in [4.69, 9.17) is 11.6 Å². The molecule has 3 aromatic rings. The molecular weight excluding hydrogens is 432 g/mol. The van der Waals surface area contributed by atoms with Crippen LogP contribution in [0.4, 0.5) is 11.4 Å². The molecule has 0 saturated carbocycles. The summed E-state index contributed by atoms with van der Waals surface area (Å²) in [6.45, 7) is 4.34. The highest BCUT2D eigenvalue weighted by Crippen LogP contribution is 2.26. The summed E-state index contributed by atoms with van der Waals surface area (Å²) >= 11 is 5.97. The summed E-state index contributed by atoms with van der Waals surface area (Å²) in [4.78, 5) is 19.8. The molecule has 5 nitrogen and oxygen atoms in total. The van der Waals surface area contributed by atoms with Gasteiger partial charge in [-0.3, -0.25) is 9.69 Å². The van der Waals surface area contributed by atoms with Crippen molar-refractivity contribution in [2.75, 3.05) is 56.6 Å². The van der Waals surface area contributed by atoms with Gasteiger partial charge in [0.2, 0.25) is 0 Å². The van der Waals surface area contributed by atoms with Crippen molar-refractivity contribution in [3.63, 3.8) is 0 Å². The molecular formula is C27H31ClN4O. The van der Waals surface area contributed by atoms with Crippen LogP contribution in [0.2, 0.25) is 5.02 Å². The number of nitrogens with zero attached hydrogens (tertiary/aromatic N) is 3. The average molecular weight is 463 g/mol. The van der Waals surface area contributed by atoms with Gasteiger partial charge in [-0.15, -0.1) is 0 Å². The molecule has 0 aromatic heterocycles. The van der Waals surface area contributed by atoms with Crippen LogP contribution in [0.15, 0.2) is 78.9 Å². The summed E-state index contributed by atoms with van der Waals surface area (Å²) in [5, 5.41) is 3.77. The lowest BCUT2D eigenvalue weighted by Gasteiger charge is -2.40. The molecule has 1 amide bonds. The zero-order valence-electron chi connectivity index (χ0n) is 19.2. The number of hydrogen-bond donors (Lipinski definition) is 1. The summed E-state index contributed by atoms with van der Waals surface area (Å²) in [6, 6.07) is 26.3. The Morgan fingerprint density at radius 1 is 0.909 bits per heavy atom. The van der Waals surface area contributed by atoms with E-state index < -0.39 is 0 Å². The number of benzene rings is 3. The van der Waals surface area contributed by atoms with Crippen LogP contribution < -0.4 is 15.1 Å². The van der Waals surface area contributed by atoms with Crippen LogP contribution in [0.25, 0.3) is 0 Å². The first-order chi connectivity index (χ1) is 16.0. The van der Waals surface area contributed by atoms with Crippen LogP contribution in [-0.4, -0.2) is 57.6 Å². The number of carbonyl (C=O) groups excluding carboxylic acids is 1. The molecule has 1 aliphatic heterocycles. The first-order valence-electron chi connectivity index (χ1n) is 11.4. The molecule has 0 spiro atoms. The molecule has 6 heteroatoms. The van der Waals surface area contributed by atoms with Gasteiger partial charge in [0.25, 0.3) is 5.91 Å². The van der Waals surface area contributed by atoms with Gasteiger partial charge in [0.05, 0.1) is 6.04 Å². The van der Waals surface area contributed by atoms with Gasteiger partial charge in [-0.1, -0.05) is 41.9 Å². The van der Waals surface area contributed by atoms with E-state index >= 15 is 0 Å². The van der Waals surface area contributed by atoms with Crippen molar-refractivity contribution in [3.05, 3.63) is 95.0 Å². The minimum atomic E-state index is -0.0792. The zero-order valence-corrected chi connectivity index (χ0v) is 20.0. The van der Waals surface area contributed by atoms with Gasteiger partial charge >= 0.3 is 0 Å². The Balaban J connectivity index is 1.47. The minimum absolute atomic E-state index is 0.0792. The second-order valence-electron chi connectivity index (χ2n) is 8.58. The Morgan fingerprint density at radius 2 is 1.55 bits per heavy atom. The highest BCUT2D eigenvalue weighted by atomic mass is 35.5. The maximum atomic E-state index is 12.8. The molecule has 33 heavy (non-hydrogen) atoms. The summed E-state index contributed by atoms with van der Waals surface area (Å²) in [5.41, 5.74) is 4.26. The zero-order chi connectivity index (χ0) is 23.2. The number of nitrogens with one attached hydrogen (secondary N) is 1. The van der Waals surface area contributed by atoms with Crippen molar-refractivity contribution in [3.8, 4) is 0 Å². The van der Waals surface area contributed by atoms with Crippen LogP contribution >= 0.6 is 11.6 Å². The van der Waals surface area contributed by atoms with Crippen molar-refractivity contribution in [2.24, 2.45) is 0 Å². The number of piperazine rings is 1. The second-order valence-corrected chi connectivity index (χ2v) is 9.01. The van der Waals surface area contributed by atoms with Crippen molar-refractivity contribution in [1.29, 1.82) is 0 Å². The fourth-order valence-corrected chi connectivity index (χ4v) is 4.40. The largest absolute Gasteiger partial charge is 0.378 e. The first kappa shape index (κ1) is 23.1. The molecule has 0 bridgehead atoms. The summed E-state index contributed by atoms with van der Waals surface area (Å²) in [5.74, 6) is -0.0792. The molecule has 1 heterocycles. The number of rotatable bonds is 7. The van der Waals surface area contributed by atoms with Gasteiger partial charge < -0.3 is 15.1 Å². The molecule has 0 unspecified atom stereocenters.